The van der Waals surface area contributed by atoms with Gasteiger partial charge in [-0.1, -0.05) is 32.4 Å². The van der Waals surface area contributed by atoms with Crippen molar-refractivity contribution in [3.63, 3.8) is 0 Å². The molecule has 0 unspecified atom stereocenters. The average molecular weight is 565 g/mol. The van der Waals surface area contributed by atoms with Crippen LogP contribution in [0.5, 0.6) is 5.75 Å². The normalized spacial score (nSPS) is 13.3. The van der Waals surface area contributed by atoms with E-state index in [1.165, 1.54) is 26.2 Å². The Morgan fingerprint density at radius 3 is 2.43 bits per heavy atom. The van der Waals surface area contributed by atoms with Crippen molar-refractivity contribution in [2.75, 3.05) is 13.7 Å². The van der Waals surface area contributed by atoms with Crippen LogP contribution in [-0.2, 0) is 14.9 Å². The van der Waals surface area contributed by atoms with Crippen LogP contribution in [0.3, 0.4) is 0 Å². The Labute approximate surface area is 218 Å². The van der Waals surface area contributed by atoms with Crippen LogP contribution in [-0.4, -0.2) is 45.6 Å². The predicted molar refractivity (Wildman–Crippen MR) is 131 cm³/mol. The smallest absolute Gasteiger partial charge is 0.412 e. The summed E-state index contributed by atoms with van der Waals surface area (Å²) in [6, 6.07) is 2.94. The van der Waals surface area contributed by atoms with Crippen LogP contribution in [0.2, 0.25) is 5.02 Å². The second kappa shape index (κ2) is 11.4. The van der Waals surface area contributed by atoms with Gasteiger partial charge in [0.15, 0.2) is 6.61 Å². The summed E-state index contributed by atoms with van der Waals surface area (Å²) < 4.78 is 50.0. The third-order valence-corrected chi connectivity index (χ3v) is 6.18. The van der Waals surface area contributed by atoms with E-state index < -0.39 is 46.1 Å². The van der Waals surface area contributed by atoms with Crippen LogP contribution in [0.25, 0.3) is 5.69 Å². The van der Waals surface area contributed by atoms with Gasteiger partial charge in [0, 0.05) is 11.6 Å². The highest BCUT2D eigenvalue weighted by Gasteiger charge is 2.32. The molecule has 10 nitrogen and oxygen atoms in total. The number of methoxy groups -OCH3 is 1. The van der Waals surface area contributed by atoms with Crippen LogP contribution in [0.15, 0.2) is 44.3 Å². The Morgan fingerprint density at radius 2 is 1.92 bits per heavy atom. The number of nitrogens with one attached hydrogen (secondary N) is 1. The number of esters is 1. The number of hydrogen-bond acceptors (Lipinski definition) is 8. The third kappa shape index (κ3) is 7.38. The van der Waals surface area contributed by atoms with E-state index in [9.17, 15) is 32.9 Å². The summed E-state index contributed by atoms with van der Waals surface area (Å²) in [7, 11) is 1.20. The van der Waals surface area contributed by atoms with Gasteiger partial charge in [-0.05, 0) is 48.7 Å². The van der Waals surface area contributed by atoms with Gasteiger partial charge in [-0.2, -0.15) is 13.2 Å². The zero-order valence-electron chi connectivity index (χ0n) is 20.7. The third-order valence-electron chi connectivity index (χ3n) is 4.92. The molecule has 202 valence electrons. The molecule has 0 saturated heterocycles. The van der Waals surface area contributed by atoms with Crippen molar-refractivity contribution in [1.82, 2.24) is 14.8 Å². The van der Waals surface area contributed by atoms with Crippen molar-refractivity contribution < 1.29 is 32.4 Å². The Hall–Kier alpha value is -3.26. The van der Waals surface area contributed by atoms with E-state index in [-0.39, 0.29) is 26.5 Å². The Kier molecular flexibility index (Phi) is 9.25. The van der Waals surface area contributed by atoms with Gasteiger partial charge in [-0.25, -0.2) is 19.3 Å². The average Bonchev–Trinajstić information content (AvgIpc) is 3.13. The summed E-state index contributed by atoms with van der Waals surface area (Å²) in [6.07, 6.45) is -4.33. The Bertz CT molecular complexity index is 1330. The first-order valence-electron chi connectivity index (χ1n) is 10.5. The number of allylic oxidation sites excluding steroid dienone is 3. The summed E-state index contributed by atoms with van der Waals surface area (Å²) in [6.45, 7) is 7.05. The zero-order valence-corrected chi connectivity index (χ0v) is 22.2. The van der Waals surface area contributed by atoms with Gasteiger partial charge < -0.3 is 9.47 Å². The number of carbonyl (C=O) groups is 1. The lowest BCUT2D eigenvalue weighted by Crippen LogP contribution is -2.22. The van der Waals surface area contributed by atoms with E-state index >= 15 is 0 Å². The maximum atomic E-state index is 13.0. The van der Waals surface area contributed by atoms with Crippen molar-refractivity contribution in [2.45, 2.75) is 51.4 Å². The molecule has 0 bridgehead atoms. The summed E-state index contributed by atoms with van der Waals surface area (Å²) in [5.74, 6) is -0.494. The molecule has 0 aliphatic heterocycles. The molecular formula is C22H24ClF3N4O6S. The monoisotopic (exact) mass is 564 g/mol. The minimum absolute atomic E-state index is 0.0398. The number of carbonyl (C=O) groups excluding carboxylic acids is 1. The number of rotatable bonds is 8. The maximum absolute atomic E-state index is 13.0. The SMILES string of the molecule is COC(=O)COc1cc(C(C)(C)C)c(-n2c(S/C(C)=C(/C=C(\C)C(F)(F)F)[N+](=O)[O-])n[nH]c2=O)cc1Cl. The second-order valence-electron chi connectivity index (χ2n) is 8.69. The van der Waals surface area contributed by atoms with Crippen molar-refractivity contribution in [3.8, 4) is 11.4 Å². The summed E-state index contributed by atoms with van der Waals surface area (Å²) in [5.41, 5.74) is -2.51. The highest BCUT2D eigenvalue weighted by Crippen LogP contribution is 2.38. The van der Waals surface area contributed by atoms with Crippen LogP contribution >= 0.6 is 23.4 Å². The number of ether oxygens (including phenoxy) is 2. The number of alkyl halides is 3. The second-order valence-corrected chi connectivity index (χ2v) is 10.3. The number of thioether (sulfide) groups is 1. The molecule has 0 radical (unpaired) electrons. The summed E-state index contributed by atoms with van der Waals surface area (Å²) in [4.78, 5) is 34.7. The zero-order chi connectivity index (χ0) is 28.3. The molecule has 37 heavy (non-hydrogen) atoms. The molecule has 1 heterocycles. The molecule has 0 spiro atoms. The molecule has 0 amide bonds. The lowest BCUT2D eigenvalue weighted by atomic mass is 9.85. The van der Waals surface area contributed by atoms with Crippen LogP contribution in [0.4, 0.5) is 13.2 Å². The fourth-order valence-electron chi connectivity index (χ4n) is 2.96. The molecule has 2 aromatic rings. The van der Waals surface area contributed by atoms with Crippen LogP contribution < -0.4 is 10.4 Å². The van der Waals surface area contributed by atoms with Crippen molar-refractivity contribution >= 4 is 29.3 Å². The highest BCUT2D eigenvalue weighted by atomic mass is 35.5. The molecule has 15 heteroatoms. The van der Waals surface area contributed by atoms with Gasteiger partial charge in [-0.15, -0.1) is 5.10 Å². The van der Waals surface area contributed by atoms with E-state index in [1.54, 1.807) is 0 Å². The first kappa shape index (κ1) is 30.0. The minimum atomic E-state index is -4.75. The highest BCUT2D eigenvalue weighted by molar-refractivity contribution is 8.02. The standard InChI is InChI=1S/C22H24ClF3N4O6S/c1-11(22(24,25)26)7-15(30(33)34)12(2)37-20-28-27-19(32)29(20)16-9-14(23)17(36-10-18(31)35-6)8-13(16)21(3,4)5/h7-9H,10H2,1-6H3,(H,27,32)/b11-7+,15-12-. The summed E-state index contributed by atoms with van der Waals surface area (Å²) in [5, 5.41) is 17.6. The van der Waals surface area contributed by atoms with E-state index in [0.717, 1.165) is 4.57 Å². The van der Waals surface area contributed by atoms with E-state index in [0.29, 0.717) is 30.3 Å². The molecule has 1 aromatic carbocycles. The predicted octanol–water partition coefficient (Wildman–Crippen LogP) is 5.17. The molecular weight excluding hydrogens is 541 g/mol. The van der Waals surface area contributed by atoms with Crippen molar-refractivity contribution in [3.05, 3.63) is 65.6 Å². The quantitative estimate of drug-likeness (QED) is 0.153. The first-order chi connectivity index (χ1) is 17.0. The van der Waals surface area contributed by atoms with Crippen LogP contribution in [0.1, 0.15) is 40.2 Å². The fraction of sp³-hybridized carbons (Fsp3) is 0.409. The van der Waals surface area contributed by atoms with Crippen molar-refractivity contribution in [1.29, 1.82) is 0 Å². The fourth-order valence-corrected chi connectivity index (χ4v) is 4.05. The van der Waals surface area contributed by atoms with E-state index in [1.807, 2.05) is 20.8 Å². The molecule has 2 rings (SSSR count). The molecule has 1 aromatic heterocycles. The molecule has 0 atom stereocenters. The van der Waals surface area contributed by atoms with Gasteiger partial charge in [0.25, 0.3) is 5.70 Å². The number of aromatic amines is 1. The molecule has 1 N–H and O–H groups in total. The van der Waals surface area contributed by atoms with Gasteiger partial charge in [0.2, 0.25) is 5.16 Å². The number of halogens is 4. The maximum Gasteiger partial charge on any atom is 0.412 e. The number of hydrogen-bond donors (Lipinski definition) is 1. The topological polar surface area (TPSA) is 129 Å². The van der Waals surface area contributed by atoms with Gasteiger partial charge in [0.1, 0.15) is 5.75 Å². The van der Waals surface area contributed by atoms with Crippen LogP contribution in [0, 0.1) is 10.1 Å². The van der Waals surface area contributed by atoms with Gasteiger partial charge in [0.05, 0.1) is 27.6 Å². The largest absolute Gasteiger partial charge is 0.480 e. The summed E-state index contributed by atoms with van der Waals surface area (Å²) >= 11 is 6.99. The number of aromatic nitrogens is 3. The Morgan fingerprint density at radius 1 is 1.30 bits per heavy atom. The number of benzene rings is 1. The number of H-pyrrole nitrogens is 1. The van der Waals surface area contributed by atoms with Gasteiger partial charge >= 0.3 is 17.8 Å². The lowest BCUT2D eigenvalue weighted by Gasteiger charge is -2.24. The van der Waals surface area contributed by atoms with Crippen molar-refractivity contribution in [2.24, 2.45) is 0 Å². The van der Waals surface area contributed by atoms with E-state index in [4.69, 9.17) is 16.3 Å². The number of nitro groups is 1. The molecule has 0 fully saturated rings. The van der Waals surface area contributed by atoms with E-state index in [2.05, 4.69) is 14.9 Å². The Balaban J connectivity index is 2.68. The molecule has 0 aliphatic carbocycles. The lowest BCUT2D eigenvalue weighted by molar-refractivity contribution is -0.419. The molecule has 0 saturated carbocycles. The number of nitrogens with zero attached hydrogens (tertiary/aromatic N) is 3. The molecule has 0 aliphatic rings. The first-order valence-corrected chi connectivity index (χ1v) is 11.7. The van der Waals surface area contributed by atoms with Gasteiger partial charge in [-0.3, -0.25) is 10.1 Å². The minimum Gasteiger partial charge on any atom is -0.480 e.